The average molecular weight is 592 g/mol. The first-order valence-corrected chi connectivity index (χ1v) is 8.85. The van der Waals surface area contributed by atoms with Crippen molar-refractivity contribution in [2.24, 2.45) is 0 Å². The minimum Gasteiger partial charge on any atom is -0.460 e. The summed E-state index contributed by atoms with van der Waals surface area (Å²) >= 11 is 6.14. The first kappa shape index (κ1) is 17.6. The van der Waals surface area contributed by atoms with E-state index in [0.717, 1.165) is 5.06 Å². The highest BCUT2D eigenvalue weighted by atomic mass is 127. The van der Waals surface area contributed by atoms with Crippen molar-refractivity contribution in [1.82, 2.24) is 5.06 Å². The van der Waals surface area contributed by atoms with Gasteiger partial charge in [-0.15, -0.1) is 10.3 Å². The fourth-order valence-electron chi connectivity index (χ4n) is 2.47. The Labute approximate surface area is 149 Å². The van der Waals surface area contributed by atoms with Crippen LogP contribution in [-0.4, -0.2) is 27.6 Å². The van der Waals surface area contributed by atoms with Crippen LogP contribution in [0.3, 0.4) is 0 Å². The van der Waals surface area contributed by atoms with Gasteiger partial charge < -0.3 is 4.74 Å². The van der Waals surface area contributed by atoms with Crippen LogP contribution in [0.4, 0.5) is 0 Å². The van der Waals surface area contributed by atoms with Gasteiger partial charge in [0.15, 0.2) is 0 Å². The highest BCUT2D eigenvalue weighted by Gasteiger charge is 2.48. The van der Waals surface area contributed by atoms with Crippen molar-refractivity contribution in [1.29, 1.82) is 0 Å². The van der Waals surface area contributed by atoms with Crippen LogP contribution >= 0.6 is 67.8 Å². The van der Waals surface area contributed by atoms with Gasteiger partial charge in [-0.05, 0) is 95.5 Å². The lowest BCUT2D eigenvalue weighted by atomic mass is 9.80. The smallest absolute Gasteiger partial charge is 0.342 e. The number of ether oxygens (including phenoxy) is 1. The van der Waals surface area contributed by atoms with Crippen molar-refractivity contribution in [2.45, 2.75) is 57.2 Å². The average Bonchev–Trinajstić information content (AvgIpc) is 2.11. The normalized spacial score (nSPS) is 24.9. The van der Waals surface area contributed by atoms with Crippen molar-refractivity contribution in [3.63, 3.8) is 0 Å². The van der Waals surface area contributed by atoms with Crippen LogP contribution in [-0.2, 0) is 14.7 Å². The summed E-state index contributed by atoms with van der Waals surface area (Å²) in [5.41, 5.74) is -1.01. The van der Waals surface area contributed by atoms with Crippen molar-refractivity contribution >= 4 is 73.7 Å². The predicted octanol–water partition coefficient (Wildman–Crippen LogP) is 3.86. The molecule has 4 nitrogen and oxygen atoms in total. The number of esters is 1. The Hall–Kier alpha value is 1.58. The van der Waals surface area contributed by atoms with Gasteiger partial charge in [0.2, 0.25) is -0.565 Å². The third-order valence-corrected chi connectivity index (χ3v) is 4.38. The number of hydrogen-bond donors (Lipinski definition) is 0. The molecule has 7 heteroatoms. The zero-order chi connectivity index (χ0) is 14.4. The van der Waals surface area contributed by atoms with Crippen LogP contribution in [0.25, 0.3) is 0 Å². The van der Waals surface area contributed by atoms with Gasteiger partial charge in [-0.25, -0.2) is 4.79 Å². The van der Waals surface area contributed by atoms with Crippen LogP contribution < -0.4 is 0 Å². The number of nitrogens with zero attached hydrogens (tertiary/aromatic N) is 1. The molecule has 1 fully saturated rings. The lowest BCUT2D eigenvalue weighted by molar-refractivity contribution is -0.299. The van der Waals surface area contributed by atoms with Gasteiger partial charge in [-0.2, -0.15) is 0 Å². The number of rotatable bonds is 2. The minimum atomic E-state index is -0.587. The molecule has 18 heavy (non-hydrogen) atoms. The molecule has 0 bridgehead atoms. The molecule has 0 atom stereocenters. The Bertz CT molecular complexity index is 321. The predicted molar refractivity (Wildman–Crippen MR) is 94.6 cm³/mol. The lowest BCUT2D eigenvalue weighted by Gasteiger charge is -2.49. The Kier molecular flexibility index (Phi) is 5.64. The van der Waals surface area contributed by atoms with E-state index in [1.807, 2.05) is 95.5 Å². The van der Waals surface area contributed by atoms with E-state index in [1.54, 1.807) is 0 Å². The minimum absolute atomic E-state index is 0.189. The van der Waals surface area contributed by atoms with Crippen LogP contribution in [0.5, 0.6) is 0 Å². The summed E-state index contributed by atoms with van der Waals surface area (Å²) in [5, 5.41) is 13.3. The topological polar surface area (TPSA) is 49.4 Å². The third kappa shape index (κ3) is 4.29. The monoisotopic (exact) mass is 592 g/mol. The van der Waals surface area contributed by atoms with Crippen LogP contribution in [0.2, 0.25) is 0 Å². The summed E-state index contributed by atoms with van der Waals surface area (Å²) < 4.78 is 4.96. The number of hydroxylamine groups is 2. The number of carbonyl (C=O) groups is 1. The molecule has 0 unspecified atom stereocenters. The molecule has 1 aliphatic rings. The maximum Gasteiger partial charge on any atom is 0.342 e. The highest BCUT2D eigenvalue weighted by molar-refractivity contribution is 14.3. The van der Waals surface area contributed by atoms with Crippen molar-refractivity contribution in [3.05, 3.63) is 0 Å². The van der Waals surface area contributed by atoms with E-state index >= 15 is 0 Å². The molecule has 0 amide bonds. The Morgan fingerprint density at radius 2 is 1.56 bits per heavy atom. The molecule has 105 valence electrons. The molecule has 1 radical (unpaired) electrons. The molecule has 1 saturated heterocycles. The first-order chi connectivity index (χ1) is 7.86. The summed E-state index contributed by atoms with van der Waals surface area (Å²) in [6.07, 6.45) is 0.962. The van der Waals surface area contributed by atoms with E-state index in [2.05, 4.69) is 0 Å². The van der Waals surface area contributed by atoms with E-state index in [1.165, 1.54) is 0 Å². The Morgan fingerprint density at radius 1 is 1.17 bits per heavy atom. The molecular weight excluding hydrogens is 575 g/mol. The van der Waals surface area contributed by atoms with Crippen LogP contribution in [0, 0.1) is 0 Å². The summed E-state index contributed by atoms with van der Waals surface area (Å²) in [6, 6.07) is 0. The molecule has 1 rings (SSSR count). The zero-order valence-corrected chi connectivity index (χ0v) is 17.3. The van der Waals surface area contributed by atoms with Crippen molar-refractivity contribution in [2.75, 3.05) is 0 Å². The molecule has 1 aliphatic heterocycles. The van der Waals surface area contributed by atoms with Gasteiger partial charge in [0.1, 0.15) is 6.10 Å². The Morgan fingerprint density at radius 3 is 1.89 bits per heavy atom. The lowest BCUT2D eigenvalue weighted by Crippen LogP contribution is -2.60. The molecule has 0 spiro atoms. The maximum atomic E-state index is 12.2. The number of hydrogen-bond acceptors (Lipinski definition) is 3. The van der Waals surface area contributed by atoms with E-state index in [4.69, 9.17) is 4.74 Å². The van der Waals surface area contributed by atoms with E-state index in [-0.39, 0.29) is 12.1 Å². The standard InChI is InChI=1S/C11H17I3NO3/c1-9(2)5-7(6-10(3,4)15(9)17)18-8(16)11(12,13)14/h7H,5-6H2,1-4H3. The van der Waals surface area contributed by atoms with Gasteiger partial charge >= 0.3 is 5.97 Å². The zero-order valence-electron chi connectivity index (χ0n) is 10.8. The highest BCUT2D eigenvalue weighted by Crippen LogP contribution is 2.41. The van der Waals surface area contributed by atoms with E-state index < -0.39 is 10.5 Å². The molecule has 0 aromatic heterocycles. The van der Waals surface area contributed by atoms with Crippen molar-refractivity contribution < 1.29 is 14.7 Å². The van der Waals surface area contributed by atoms with Gasteiger partial charge in [0.05, 0.1) is 0 Å². The molecule has 0 aromatic rings. The SMILES string of the molecule is CC1(C)CC(OC(=O)C(I)(I)I)CC(C)(C)N1[O]. The van der Waals surface area contributed by atoms with Gasteiger partial charge in [0, 0.05) is 23.9 Å². The fourth-order valence-corrected chi connectivity index (χ4v) is 2.85. The maximum absolute atomic E-state index is 12.2. The second-order valence-corrected chi connectivity index (χ2v) is 16.9. The molecule has 0 N–H and O–H groups in total. The molecule has 1 heterocycles. The summed E-state index contributed by atoms with van der Waals surface area (Å²) in [5.74, 6) is -0.236. The second kappa shape index (κ2) is 5.76. The van der Waals surface area contributed by atoms with E-state index in [0.29, 0.717) is 12.8 Å². The van der Waals surface area contributed by atoms with Crippen LogP contribution in [0.15, 0.2) is 0 Å². The number of piperidine rings is 1. The third-order valence-electron chi connectivity index (χ3n) is 3.06. The largest absolute Gasteiger partial charge is 0.460 e. The summed E-state index contributed by atoms with van der Waals surface area (Å²) in [7, 11) is 0. The number of alkyl halides is 3. The van der Waals surface area contributed by atoms with Crippen molar-refractivity contribution in [3.8, 4) is 0 Å². The number of carbonyl (C=O) groups excluding carboxylic acids is 1. The molecular formula is C11H17I3NO3. The van der Waals surface area contributed by atoms with Gasteiger partial charge in [-0.1, -0.05) is 0 Å². The number of halogens is 3. The van der Waals surface area contributed by atoms with Gasteiger partial charge in [0.25, 0.3) is 0 Å². The Balaban J connectivity index is 2.79. The molecule has 0 saturated carbocycles. The fraction of sp³-hybridized carbons (Fsp3) is 0.909. The summed E-state index contributed by atoms with van der Waals surface area (Å²) in [4.78, 5) is 11.9. The van der Waals surface area contributed by atoms with E-state index in [9.17, 15) is 10.0 Å². The summed E-state index contributed by atoms with van der Waals surface area (Å²) in [6.45, 7) is 7.58. The second-order valence-electron chi connectivity index (χ2n) is 5.85. The molecule has 0 aromatic carbocycles. The van der Waals surface area contributed by atoms with Crippen LogP contribution in [0.1, 0.15) is 40.5 Å². The van der Waals surface area contributed by atoms with Gasteiger partial charge in [-0.3, -0.25) is 0 Å². The molecule has 0 aliphatic carbocycles. The quantitative estimate of drug-likeness (QED) is 0.279. The first-order valence-electron chi connectivity index (χ1n) is 5.61.